The number of alkyl halides is 3. The third kappa shape index (κ3) is 2.82. The summed E-state index contributed by atoms with van der Waals surface area (Å²) in [4.78, 5) is 9.33. The van der Waals surface area contributed by atoms with E-state index in [9.17, 15) is 23.3 Å². The molecule has 0 fully saturated rings. The van der Waals surface area contributed by atoms with Gasteiger partial charge in [-0.3, -0.25) is 10.1 Å². The van der Waals surface area contributed by atoms with Gasteiger partial charge in [0.2, 0.25) is 6.54 Å². The van der Waals surface area contributed by atoms with Crippen molar-refractivity contribution in [2.24, 2.45) is 0 Å². The standard InChI is InChI=1S/C8H5ClF3NO2/c9-7-3-1-2-6(8(10,11)12)5(7)4-13(14)15/h1-3H,4H2. The van der Waals surface area contributed by atoms with Crippen LogP contribution in [0.1, 0.15) is 11.1 Å². The highest BCUT2D eigenvalue weighted by Crippen LogP contribution is 2.35. The molecule has 1 aromatic rings. The molecule has 0 saturated heterocycles. The largest absolute Gasteiger partial charge is 0.416 e. The van der Waals surface area contributed by atoms with Crippen LogP contribution in [-0.4, -0.2) is 4.92 Å². The lowest BCUT2D eigenvalue weighted by molar-refractivity contribution is -0.497. The Hall–Kier alpha value is -1.30. The number of rotatable bonds is 2. The molecular formula is C8H5ClF3NO2. The third-order valence-electron chi connectivity index (χ3n) is 1.71. The Morgan fingerprint density at radius 1 is 1.40 bits per heavy atom. The van der Waals surface area contributed by atoms with Crippen molar-refractivity contribution < 1.29 is 18.1 Å². The molecule has 15 heavy (non-hydrogen) atoms. The molecule has 0 heterocycles. The zero-order valence-electron chi connectivity index (χ0n) is 7.21. The van der Waals surface area contributed by atoms with Crippen LogP contribution in [0.25, 0.3) is 0 Å². The fraction of sp³-hybridized carbons (Fsp3) is 0.250. The summed E-state index contributed by atoms with van der Waals surface area (Å²) in [7, 11) is 0. The first-order valence-electron chi connectivity index (χ1n) is 3.78. The second kappa shape index (κ2) is 4.06. The Bertz CT molecular complexity index is 392. The number of nitro groups is 1. The number of halogens is 4. The van der Waals surface area contributed by atoms with E-state index in [1.807, 2.05) is 0 Å². The quantitative estimate of drug-likeness (QED) is 0.588. The molecule has 0 aliphatic carbocycles. The molecule has 82 valence electrons. The average molecular weight is 240 g/mol. The van der Waals surface area contributed by atoms with Crippen molar-refractivity contribution in [1.29, 1.82) is 0 Å². The van der Waals surface area contributed by atoms with Gasteiger partial charge in [-0.2, -0.15) is 13.2 Å². The Labute approximate surface area is 87.6 Å². The number of benzene rings is 1. The minimum atomic E-state index is -4.63. The summed E-state index contributed by atoms with van der Waals surface area (Å²) >= 11 is 5.48. The molecule has 0 N–H and O–H groups in total. The van der Waals surface area contributed by atoms with Gasteiger partial charge in [0.25, 0.3) is 0 Å². The summed E-state index contributed by atoms with van der Waals surface area (Å²) in [6.45, 7) is -0.936. The molecule has 0 radical (unpaired) electrons. The van der Waals surface area contributed by atoms with Crippen molar-refractivity contribution in [3.63, 3.8) is 0 Å². The fourth-order valence-corrected chi connectivity index (χ4v) is 1.35. The molecule has 7 heteroatoms. The van der Waals surface area contributed by atoms with Gasteiger partial charge in [-0.05, 0) is 12.1 Å². The maximum absolute atomic E-state index is 12.4. The molecule has 0 atom stereocenters. The molecule has 3 nitrogen and oxygen atoms in total. The van der Waals surface area contributed by atoms with Gasteiger partial charge in [-0.1, -0.05) is 17.7 Å². The SMILES string of the molecule is O=[N+]([O-])Cc1c(Cl)cccc1C(F)(F)F. The number of nitrogens with zero attached hydrogens (tertiary/aromatic N) is 1. The van der Waals surface area contributed by atoms with Gasteiger partial charge in [0.1, 0.15) is 0 Å². The zero-order chi connectivity index (χ0) is 11.6. The molecule has 0 aliphatic heterocycles. The lowest BCUT2D eigenvalue weighted by atomic mass is 10.1. The topological polar surface area (TPSA) is 43.1 Å². The van der Waals surface area contributed by atoms with E-state index < -0.39 is 28.8 Å². The van der Waals surface area contributed by atoms with Crippen LogP contribution in [0.3, 0.4) is 0 Å². The van der Waals surface area contributed by atoms with E-state index in [-0.39, 0.29) is 5.02 Å². The molecule has 1 aromatic carbocycles. The third-order valence-corrected chi connectivity index (χ3v) is 2.07. The fourth-order valence-electron chi connectivity index (χ4n) is 1.11. The van der Waals surface area contributed by atoms with Crippen LogP contribution >= 0.6 is 11.6 Å². The number of hydrogen-bond acceptors (Lipinski definition) is 2. The van der Waals surface area contributed by atoms with Crippen LogP contribution in [0, 0.1) is 10.1 Å². The molecule has 0 unspecified atom stereocenters. The van der Waals surface area contributed by atoms with E-state index in [1.165, 1.54) is 6.07 Å². The van der Waals surface area contributed by atoms with Crippen molar-refractivity contribution in [1.82, 2.24) is 0 Å². The van der Waals surface area contributed by atoms with E-state index in [0.29, 0.717) is 0 Å². The maximum atomic E-state index is 12.4. The molecule has 0 aliphatic rings. The average Bonchev–Trinajstić information content (AvgIpc) is 2.05. The molecule has 0 saturated carbocycles. The normalized spacial score (nSPS) is 11.5. The van der Waals surface area contributed by atoms with Gasteiger partial charge in [0.05, 0.1) is 16.1 Å². The molecule has 1 rings (SSSR count). The van der Waals surface area contributed by atoms with Gasteiger partial charge in [0.15, 0.2) is 0 Å². The predicted molar refractivity (Wildman–Crippen MR) is 47.2 cm³/mol. The van der Waals surface area contributed by atoms with E-state index in [4.69, 9.17) is 11.6 Å². The van der Waals surface area contributed by atoms with Gasteiger partial charge >= 0.3 is 6.18 Å². The highest BCUT2D eigenvalue weighted by atomic mass is 35.5. The summed E-state index contributed by atoms with van der Waals surface area (Å²) in [5, 5.41) is 9.93. The molecule has 0 amide bonds. The van der Waals surface area contributed by atoms with Crippen LogP contribution < -0.4 is 0 Å². The van der Waals surface area contributed by atoms with Gasteiger partial charge in [-0.25, -0.2) is 0 Å². The Morgan fingerprint density at radius 3 is 2.47 bits per heavy atom. The maximum Gasteiger partial charge on any atom is 0.416 e. The van der Waals surface area contributed by atoms with Crippen molar-refractivity contribution in [2.45, 2.75) is 12.7 Å². The van der Waals surface area contributed by atoms with Crippen LogP contribution in [-0.2, 0) is 12.7 Å². The number of hydrogen-bond donors (Lipinski definition) is 0. The highest BCUT2D eigenvalue weighted by Gasteiger charge is 2.35. The first kappa shape index (κ1) is 11.8. The molecule has 0 spiro atoms. The smallest absolute Gasteiger partial charge is 0.264 e. The Morgan fingerprint density at radius 2 is 2.00 bits per heavy atom. The molecule has 0 aromatic heterocycles. The summed E-state index contributed by atoms with van der Waals surface area (Å²) in [5.74, 6) is 0. The van der Waals surface area contributed by atoms with Gasteiger partial charge in [0, 0.05) is 4.92 Å². The summed E-state index contributed by atoms with van der Waals surface area (Å²) in [6, 6.07) is 3.06. The van der Waals surface area contributed by atoms with E-state index in [0.717, 1.165) is 12.1 Å². The van der Waals surface area contributed by atoms with Gasteiger partial charge in [-0.15, -0.1) is 0 Å². The van der Waals surface area contributed by atoms with Gasteiger partial charge < -0.3 is 0 Å². The summed E-state index contributed by atoms with van der Waals surface area (Å²) < 4.78 is 37.2. The second-order valence-corrected chi connectivity index (χ2v) is 3.16. The van der Waals surface area contributed by atoms with Crippen LogP contribution in [0.2, 0.25) is 5.02 Å². The summed E-state index contributed by atoms with van der Waals surface area (Å²) in [5.41, 5.74) is -1.57. The Kier molecular flexibility index (Phi) is 3.18. The minimum Gasteiger partial charge on any atom is -0.264 e. The van der Waals surface area contributed by atoms with Crippen LogP contribution in [0.5, 0.6) is 0 Å². The lowest BCUT2D eigenvalue weighted by Crippen LogP contribution is -2.12. The van der Waals surface area contributed by atoms with E-state index >= 15 is 0 Å². The summed E-state index contributed by atoms with van der Waals surface area (Å²) in [6.07, 6.45) is -4.63. The minimum absolute atomic E-state index is 0.249. The Balaban J connectivity index is 3.26. The monoisotopic (exact) mass is 239 g/mol. The van der Waals surface area contributed by atoms with Crippen molar-refractivity contribution in [3.05, 3.63) is 44.5 Å². The first-order chi connectivity index (χ1) is 6.82. The molecule has 0 bridgehead atoms. The van der Waals surface area contributed by atoms with Crippen LogP contribution in [0.4, 0.5) is 13.2 Å². The highest BCUT2D eigenvalue weighted by molar-refractivity contribution is 6.31. The zero-order valence-corrected chi connectivity index (χ0v) is 7.97. The second-order valence-electron chi connectivity index (χ2n) is 2.75. The predicted octanol–water partition coefficient (Wildman–Crippen LogP) is 3.14. The van der Waals surface area contributed by atoms with Crippen molar-refractivity contribution in [2.75, 3.05) is 0 Å². The van der Waals surface area contributed by atoms with E-state index in [2.05, 4.69) is 0 Å². The van der Waals surface area contributed by atoms with E-state index in [1.54, 1.807) is 0 Å². The van der Waals surface area contributed by atoms with Crippen LogP contribution in [0.15, 0.2) is 18.2 Å². The van der Waals surface area contributed by atoms with Crippen molar-refractivity contribution >= 4 is 11.6 Å². The lowest BCUT2D eigenvalue weighted by Gasteiger charge is -2.11. The first-order valence-corrected chi connectivity index (χ1v) is 4.16. The molecular weight excluding hydrogens is 235 g/mol. The van der Waals surface area contributed by atoms with Crippen molar-refractivity contribution in [3.8, 4) is 0 Å².